The first-order chi connectivity index (χ1) is 6.83. The van der Waals surface area contributed by atoms with Crippen molar-refractivity contribution in [3.8, 4) is 5.75 Å². The van der Waals surface area contributed by atoms with Crippen LogP contribution < -0.4 is 5.73 Å². The number of carboxylic acid groups (broad SMARTS) is 1. The number of aliphatic carboxylic acids is 1. The number of carboxylic acids is 1. The number of hydrogen-bond donors (Lipinski definition) is 3. The molecule has 15 heavy (non-hydrogen) atoms. The molecule has 0 fully saturated rings. The van der Waals surface area contributed by atoms with E-state index in [9.17, 15) is 9.18 Å². The van der Waals surface area contributed by atoms with E-state index < -0.39 is 17.3 Å². The number of phenols is 1. The number of aromatic hydroxyl groups is 1. The lowest BCUT2D eigenvalue weighted by Gasteiger charge is -2.19. The molecule has 1 aromatic carbocycles. The summed E-state index contributed by atoms with van der Waals surface area (Å²) in [7, 11) is 0. The fourth-order valence-electron chi connectivity index (χ4n) is 1.15. The van der Waals surface area contributed by atoms with Gasteiger partial charge in [-0.3, -0.25) is 4.79 Å². The Morgan fingerprint density at radius 1 is 1.60 bits per heavy atom. The number of carbonyl (C=O) groups is 1. The van der Waals surface area contributed by atoms with Gasteiger partial charge in [-0.25, -0.2) is 4.39 Å². The molecule has 0 spiro atoms. The second-order valence-corrected chi connectivity index (χ2v) is 3.68. The molecule has 1 aromatic rings. The SMILES string of the molecule is C[C@](N)(Cc1ccc(O)cc1[18F])C(=O)O. The van der Waals surface area contributed by atoms with E-state index in [0.717, 1.165) is 6.07 Å². The Bertz CT molecular complexity index is 390. The molecule has 1 rings (SSSR count). The fraction of sp³-hybridized carbons (Fsp3) is 0.300. The molecule has 0 aliphatic rings. The monoisotopic (exact) mass is 212 g/mol. The zero-order valence-electron chi connectivity index (χ0n) is 8.20. The topological polar surface area (TPSA) is 83.5 Å². The zero-order valence-corrected chi connectivity index (χ0v) is 8.20. The molecule has 0 amide bonds. The summed E-state index contributed by atoms with van der Waals surface area (Å²) >= 11 is 0. The quantitative estimate of drug-likeness (QED) is 0.694. The summed E-state index contributed by atoms with van der Waals surface area (Å²) in [5.74, 6) is -2.06. The van der Waals surface area contributed by atoms with Gasteiger partial charge in [-0.2, -0.15) is 0 Å². The summed E-state index contributed by atoms with van der Waals surface area (Å²) in [6.45, 7) is 1.31. The van der Waals surface area contributed by atoms with Crippen LogP contribution >= 0.6 is 0 Å². The molecular formula is C10H12FNO3. The number of rotatable bonds is 3. The van der Waals surface area contributed by atoms with Crippen molar-refractivity contribution in [2.24, 2.45) is 5.73 Å². The van der Waals surface area contributed by atoms with Crippen LogP contribution in [0.2, 0.25) is 0 Å². The summed E-state index contributed by atoms with van der Waals surface area (Å²) in [6.07, 6.45) is -0.131. The molecule has 82 valence electrons. The Morgan fingerprint density at radius 3 is 2.67 bits per heavy atom. The van der Waals surface area contributed by atoms with Crippen molar-refractivity contribution in [3.05, 3.63) is 29.6 Å². The third-order valence-electron chi connectivity index (χ3n) is 2.08. The summed E-state index contributed by atoms with van der Waals surface area (Å²) in [5.41, 5.74) is 4.12. The van der Waals surface area contributed by atoms with E-state index in [1.54, 1.807) is 0 Å². The average Bonchev–Trinajstić information content (AvgIpc) is 2.09. The van der Waals surface area contributed by atoms with Gasteiger partial charge in [0.25, 0.3) is 0 Å². The standard InChI is InChI=1S/C10H12FNO3/c1-10(12,9(14)15)5-6-2-3-7(13)4-8(6)11/h2-4,13H,5,12H2,1H3,(H,14,15)/t10-/m0/s1/i11-1. The van der Waals surface area contributed by atoms with Crippen molar-refractivity contribution >= 4 is 5.97 Å². The Kier molecular flexibility index (Phi) is 2.95. The largest absolute Gasteiger partial charge is 0.508 e. The molecule has 0 saturated heterocycles. The van der Waals surface area contributed by atoms with Gasteiger partial charge >= 0.3 is 5.97 Å². The van der Waals surface area contributed by atoms with Crippen LogP contribution in [0.4, 0.5) is 4.39 Å². The van der Waals surface area contributed by atoms with Gasteiger partial charge in [0.15, 0.2) is 0 Å². The number of hydrogen-bond acceptors (Lipinski definition) is 3. The number of phenolic OH excluding ortho intramolecular Hbond substituents is 1. The van der Waals surface area contributed by atoms with E-state index in [1.165, 1.54) is 19.1 Å². The minimum absolute atomic E-state index is 0.131. The smallest absolute Gasteiger partial charge is 0.323 e. The molecule has 0 radical (unpaired) electrons. The van der Waals surface area contributed by atoms with Crippen molar-refractivity contribution in [1.82, 2.24) is 0 Å². The van der Waals surface area contributed by atoms with E-state index in [1.807, 2.05) is 0 Å². The van der Waals surface area contributed by atoms with Gasteiger partial charge in [-0.1, -0.05) is 6.07 Å². The average molecular weight is 212 g/mol. The van der Waals surface area contributed by atoms with Gasteiger partial charge in [0.2, 0.25) is 0 Å². The number of benzene rings is 1. The molecule has 0 saturated carbocycles. The van der Waals surface area contributed by atoms with Crippen LogP contribution in [0.25, 0.3) is 0 Å². The molecule has 0 aliphatic heterocycles. The van der Waals surface area contributed by atoms with E-state index >= 15 is 0 Å². The molecule has 0 aromatic heterocycles. The fourth-order valence-corrected chi connectivity index (χ4v) is 1.15. The molecular weight excluding hydrogens is 200 g/mol. The van der Waals surface area contributed by atoms with Crippen LogP contribution in [0.5, 0.6) is 5.75 Å². The van der Waals surface area contributed by atoms with Gasteiger partial charge in [0.1, 0.15) is 17.1 Å². The minimum Gasteiger partial charge on any atom is -0.508 e. The van der Waals surface area contributed by atoms with Gasteiger partial charge in [0, 0.05) is 12.5 Å². The lowest BCUT2D eigenvalue weighted by molar-refractivity contribution is -0.142. The first-order valence-electron chi connectivity index (χ1n) is 4.32. The van der Waals surface area contributed by atoms with Crippen LogP contribution in [0.3, 0.4) is 0 Å². The van der Waals surface area contributed by atoms with Gasteiger partial charge in [0.05, 0.1) is 0 Å². The Morgan fingerprint density at radius 2 is 2.20 bits per heavy atom. The van der Waals surface area contributed by atoms with Crippen LogP contribution in [-0.4, -0.2) is 21.7 Å². The molecule has 4 N–H and O–H groups in total. The zero-order chi connectivity index (χ0) is 11.6. The summed E-state index contributed by atoms with van der Waals surface area (Å²) in [5, 5.41) is 17.7. The minimum atomic E-state index is -1.52. The normalized spacial score (nSPS) is 14.6. The predicted octanol–water partition coefficient (Wildman–Crippen LogP) is 0.876. The van der Waals surface area contributed by atoms with Gasteiger partial charge < -0.3 is 15.9 Å². The van der Waals surface area contributed by atoms with E-state index in [4.69, 9.17) is 15.9 Å². The first kappa shape index (κ1) is 11.5. The maximum atomic E-state index is 13.2. The summed E-state index contributed by atoms with van der Waals surface area (Å²) in [4.78, 5) is 10.7. The van der Waals surface area contributed by atoms with Crippen LogP contribution in [0.15, 0.2) is 18.2 Å². The van der Waals surface area contributed by atoms with E-state index in [2.05, 4.69) is 0 Å². The Balaban J connectivity index is 2.95. The third kappa shape index (κ3) is 2.66. The van der Waals surface area contributed by atoms with Gasteiger partial charge in [-0.15, -0.1) is 0 Å². The van der Waals surface area contributed by atoms with E-state index in [0.29, 0.717) is 0 Å². The maximum Gasteiger partial charge on any atom is 0.323 e. The highest BCUT2D eigenvalue weighted by Crippen LogP contribution is 2.19. The van der Waals surface area contributed by atoms with Crippen molar-refractivity contribution in [3.63, 3.8) is 0 Å². The Labute approximate surface area is 86.1 Å². The molecule has 4 nitrogen and oxygen atoms in total. The second kappa shape index (κ2) is 3.86. The van der Waals surface area contributed by atoms with Gasteiger partial charge in [-0.05, 0) is 18.6 Å². The lowest BCUT2D eigenvalue weighted by atomic mass is 9.94. The summed E-state index contributed by atoms with van der Waals surface area (Å²) < 4.78 is 13.2. The molecule has 1 atom stereocenters. The first-order valence-corrected chi connectivity index (χ1v) is 4.32. The van der Waals surface area contributed by atoms with Crippen molar-refractivity contribution < 1.29 is 19.4 Å². The van der Waals surface area contributed by atoms with Crippen LogP contribution in [-0.2, 0) is 11.2 Å². The maximum absolute atomic E-state index is 13.2. The van der Waals surface area contributed by atoms with E-state index in [-0.39, 0.29) is 17.7 Å². The molecule has 0 aliphatic carbocycles. The lowest BCUT2D eigenvalue weighted by Crippen LogP contribution is -2.47. The highest BCUT2D eigenvalue weighted by atomic mass is 18.2. The van der Waals surface area contributed by atoms with Crippen molar-refractivity contribution in [2.45, 2.75) is 18.9 Å². The van der Waals surface area contributed by atoms with Crippen molar-refractivity contribution in [2.75, 3.05) is 0 Å². The highest BCUT2D eigenvalue weighted by molar-refractivity contribution is 5.78. The second-order valence-electron chi connectivity index (χ2n) is 3.68. The number of halogens is 1. The third-order valence-corrected chi connectivity index (χ3v) is 2.08. The molecule has 0 heterocycles. The Hall–Kier alpha value is -1.62. The predicted molar refractivity (Wildman–Crippen MR) is 52.0 cm³/mol. The van der Waals surface area contributed by atoms with Crippen molar-refractivity contribution in [1.29, 1.82) is 0 Å². The van der Waals surface area contributed by atoms with Crippen LogP contribution in [0, 0.1) is 5.82 Å². The molecule has 5 heteroatoms. The molecule has 0 unspecified atom stereocenters. The van der Waals surface area contributed by atoms with Crippen LogP contribution in [0.1, 0.15) is 12.5 Å². The molecule has 0 bridgehead atoms. The summed E-state index contributed by atoms with van der Waals surface area (Å²) in [6, 6.07) is 3.53. The highest BCUT2D eigenvalue weighted by Gasteiger charge is 2.29. The number of nitrogens with two attached hydrogens (primary N) is 1.